The zero-order valence-corrected chi connectivity index (χ0v) is 15.9. The van der Waals surface area contributed by atoms with Crippen LogP contribution in [-0.4, -0.2) is 31.0 Å². The molecule has 0 heterocycles. The Kier molecular flexibility index (Phi) is 7.92. The standard InChI is InChI=1S/C21H24F2N2O3/c1-14(2)19(25-20(26)18-16(22)10-6-11-17(18)23)21(27)24-12-7-13-28-15-8-4-3-5-9-15/h3-6,8-11,14,19H,7,12-13H2,1-2H3,(H,24,27)(H,25,26)/t19-/m0/s1. The van der Waals surface area contributed by atoms with Crippen molar-refractivity contribution in [3.63, 3.8) is 0 Å². The van der Waals surface area contributed by atoms with Crippen LogP contribution in [0.5, 0.6) is 5.75 Å². The first-order valence-corrected chi connectivity index (χ1v) is 9.10. The lowest BCUT2D eigenvalue weighted by atomic mass is 10.0. The molecule has 1 atom stereocenters. The summed E-state index contributed by atoms with van der Waals surface area (Å²) in [6.45, 7) is 4.24. The van der Waals surface area contributed by atoms with Gasteiger partial charge in [0.05, 0.1) is 6.61 Å². The quantitative estimate of drug-likeness (QED) is 0.646. The molecule has 0 radical (unpaired) electrons. The Hall–Kier alpha value is -2.96. The third kappa shape index (κ3) is 6.04. The third-order valence-corrected chi connectivity index (χ3v) is 4.06. The normalized spacial score (nSPS) is 11.8. The van der Waals surface area contributed by atoms with Crippen molar-refractivity contribution in [2.75, 3.05) is 13.2 Å². The summed E-state index contributed by atoms with van der Waals surface area (Å²) in [5.41, 5.74) is -0.697. The van der Waals surface area contributed by atoms with Crippen LogP contribution in [0.2, 0.25) is 0 Å². The second kappa shape index (κ2) is 10.4. The highest BCUT2D eigenvalue weighted by molar-refractivity contribution is 5.98. The Morgan fingerprint density at radius 3 is 2.25 bits per heavy atom. The molecule has 2 aromatic rings. The molecule has 2 amide bonds. The molecule has 5 nitrogen and oxygen atoms in total. The van der Waals surface area contributed by atoms with Crippen LogP contribution in [0.15, 0.2) is 48.5 Å². The van der Waals surface area contributed by atoms with Gasteiger partial charge in [0.15, 0.2) is 0 Å². The van der Waals surface area contributed by atoms with Crippen molar-refractivity contribution in [1.82, 2.24) is 10.6 Å². The molecule has 0 fully saturated rings. The minimum atomic E-state index is -0.974. The van der Waals surface area contributed by atoms with Crippen molar-refractivity contribution >= 4 is 11.8 Å². The van der Waals surface area contributed by atoms with Crippen LogP contribution in [0.3, 0.4) is 0 Å². The number of hydrogen-bond donors (Lipinski definition) is 2. The van der Waals surface area contributed by atoms with Crippen molar-refractivity contribution in [3.8, 4) is 5.75 Å². The van der Waals surface area contributed by atoms with Crippen molar-refractivity contribution in [1.29, 1.82) is 0 Å². The van der Waals surface area contributed by atoms with E-state index >= 15 is 0 Å². The Bertz CT molecular complexity index is 777. The van der Waals surface area contributed by atoms with Crippen LogP contribution in [0.25, 0.3) is 0 Å². The number of carbonyl (C=O) groups is 2. The molecule has 7 heteroatoms. The van der Waals surface area contributed by atoms with Crippen molar-refractivity contribution in [2.45, 2.75) is 26.3 Å². The maximum absolute atomic E-state index is 13.8. The highest BCUT2D eigenvalue weighted by Gasteiger charge is 2.26. The Balaban J connectivity index is 1.85. The zero-order chi connectivity index (χ0) is 20.5. The summed E-state index contributed by atoms with van der Waals surface area (Å²) in [7, 11) is 0. The van der Waals surface area contributed by atoms with Gasteiger partial charge >= 0.3 is 0 Å². The van der Waals surface area contributed by atoms with E-state index < -0.39 is 35.1 Å². The second-order valence-electron chi connectivity index (χ2n) is 6.60. The molecule has 0 aromatic heterocycles. The predicted octanol–water partition coefficient (Wildman–Crippen LogP) is 3.30. The fourth-order valence-electron chi connectivity index (χ4n) is 2.56. The van der Waals surface area contributed by atoms with Crippen molar-refractivity contribution < 1.29 is 23.1 Å². The zero-order valence-electron chi connectivity index (χ0n) is 15.9. The predicted molar refractivity (Wildman–Crippen MR) is 102 cm³/mol. The summed E-state index contributed by atoms with van der Waals surface area (Å²) < 4.78 is 33.1. The number of amides is 2. The molecule has 0 saturated heterocycles. The number of hydrogen-bond acceptors (Lipinski definition) is 3. The van der Waals surface area contributed by atoms with E-state index in [0.29, 0.717) is 19.6 Å². The summed E-state index contributed by atoms with van der Waals surface area (Å²) in [5.74, 6) is -2.85. The molecule has 2 aromatic carbocycles. The molecule has 0 unspecified atom stereocenters. The van der Waals surface area contributed by atoms with Gasteiger partial charge in [0, 0.05) is 6.54 Å². The molecular formula is C21H24F2N2O3. The fourth-order valence-corrected chi connectivity index (χ4v) is 2.56. The SMILES string of the molecule is CC(C)[C@H](NC(=O)c1c(F)cccc1F)C(=O)NCCCOc1ccccc1. The molecule has 0 bridgehead atoms. The van der Waals surface area contributed by atoms with Crippen LogP contribution < -0.4 is 15.4 Å². The number of ether oxygens (including phenoxy) is 1. The van der Waals surface area contributed by atoms with E-state index in [4.69, 9.17) is 4.74 Å². The Morgan fingerprint density at radius 2 is 1.64 bits per heavy atom. The number of halogens is 2. The van der Waals surface area contributed by atoms with Gasteiger partial charge in [-0.15, -0.1) is 0 Å². The minimum Gasteiger partial charge on any atom is -0.494 e. The van der Waals surface area contributed by atoms with Gasteiger partial charge < -0.3 is 15.4 Å². The molecule has 2 rings (SSSR count). The largest absolute Gasteiger partial charge is 0.494 e. The highest BCUT2D eigenvalue weighted by Crippen LogP contribution is 2.13. The number of benzene rings is 2. The molecule has 0 aliphatic rings. The average Bonchev–Trinajstić information content (AvgIpc) is 2.66. The monoisotopic (exact) mass is 390 g/mol. The molecule has 150 valence electrons. The lowest BCUT2D eigenvalue weighted by Gasteiger charge is -2.22. The molecule has 0 aliphatic heterocycles. The fraction of sp³-hybridized carbons (Fsp3) is 0.333. The van der Waals surface area contributed by atoms with Crippen LogP contribution in [0, 0.1) is 17.6 Å². The molecule has 0 aliphatic carbocycles. The lowest BCUT2D eigenvalue weighted by molar-refractivity contribution is -0.123. The lowest BCUT2D eigenvalue weighted by Crippen LogP contribution is -2.50. The van der Waals surface area contributed by atoms with Gasteiger partial charge in [-0.2, -0.15) is 0 Å². The topological polar surface area (TPSA) is 67.4 Å². The van der Waals surface area contributed by atoms with Crippen LogP contribution >= 0.6 is 0 Å². The van der Waals surface area contributed by atoms with Gasteiger partial charge in [0.25, 0.3) is 5.91 Å². The van der Waals surface area contributed by atoms with Gasteiger partial charge in [-0.1, -0.05) is 38.1 Å². The number of rotatable bonds is 9. The maximum atomic E-state index is 13.8. The van der Waals surface area contributed by atoms with Gasteiger partial charge in [0.1, 0.15) is 29.0 Å². The summed E-state index contributed by atoms with van der Waals surface area (Å²) in [6.07, 6.45) is 0.571. The minimum absolute atomic E-state index is 0.264. The summed E-state index contributed by atoms with van der Waals surface area (Å²) in [6, 6.07) is 11.5. The Morgan fingerprint density at radius 1 is 1.00 bits per heavy atom. The first-order chi connectivity index (χ1) is 13.4. The van der Waals surface area contributed by atoms with E-state index in [1.807, 2.05) is 30.3 Å². The van der Waals surface area contributed by atoms with E-state index in [2.05, 4.69) is 10.6 Å². The number of carbonyl (C=O) groups excluding carboxylic acids is 2. The van der Waals surface area contributed by atoms with Crippen molar-refractivity contribution in [2.24, 2.45) is 5.92 Å². The van der Waals surface area contributed by atoms with E-state index in [0.717, 1.165) is 17.9 Å². The number of para-hydroxylation sites is 1. The van der Waals surface area contributed by atoms with E-state index in [1.165, 1.54) is 6.07 Å². The highest BCUT2D eigenvalue weighted by atomic mass is 19.1. The first kappa shape index (κ1) is 21.3. The van der Waals surface area contributed by atoms with Crippen LogP contribution in [0.1, 0.15) is 30.6 Å². The van der Waals surface area contributed by atoms with E-state index in [-0.39, 0.29) is 5.92 Å². The molecule has 28 heavy (non-hydrogen) atoms. The third-order valence-electron chi connectivity index (χ3n) is 4.06. The maximum Gasteiger partial charge on any atom is 0.257 e. The molecule has 0 saturated carbocycles. The summed E-state index contributed by atoms with van der Waals surface area (Å²) in [4.78, 5) is 24.6. The van der Waals surface area contributed by atoms with Gasteiger partial charge in [0.2, 0.25) is 5.91 Å². The molecular weight excluding hydrogens is 366 g/mol. The smallest absolute Gasteiger partial charge is 0.257 e. The average molecular weight is 390 g/mol. The van der Waals surface area contributed by atoms with E-state index in [1.54, 1.807) is 13.8 Å². The number of nitrogens with one attached hydrogen (secondary N) is 2. The van der Waals surface area contributed by atoms with Gasteiger partial charge in [-0.25, -0.2) is 8.78 Å². The van der Waals surface area contributed by atoms with Crippen LogP contribution in [0.4, 0.5) is 8.78 Å². The van der Waals surface area contributed by atoms with Crippen molar-refractivity contribution in [3.05, 3.63) is 65.7 Å². The van der Waals surface area contributed by atoms with E-state index in [9.17, 15) is 18.4 Å². The summed E-state index contributed by atoms with van der Waals surface area (Å²) in [5, 5.41) is 5.13. The second-order valence-corrected chi connectivity index (χ2v) is 6.60. The van der Waals surface area contributed by atoms with Gasteiger partial charge in [-0.05, 0) is 36.6 Å². The van der Waals surface area contributed by atoms with Crippen LogP contribution in [-0.2, 0) is 4.79 Å². The van der Waals surface area contributed by atoms with Gasteiger partial charge in [-0.3, -0.25) is 9.59 Å². The molecule has 0 spiro atoms. The Labute approximate surface area is 163 Å². The molecule has 2 N–H and O–H groups in total. The first-order valence-electron chi connectivity index (χ1n) is 9.10. The summed E-state index contributed by atoms with van der Waals surface area (Å²) >= 11 is 0.